The summed E-state index contributed by atoms with van der Waals surface area (Å²) >= 11 is 0. The van der Waals surface area contributed by atoms with Gasteiger partial charge in [-0.25, -0.2) is 9.07 Å². The summed E-state index contributed by atoms with van der Waals surface area (Å²) < 4.78 is 54.8. The molecule has 3 rings (SSSR count). The number of hydrogen-bond donors (Lipinski definition) is 2. The molecule has 1 heterocycles. The summed E-state index contributed by atoms with van der Waals surface area (Å²) in [5.74, 6) is -0.524. The molecule has 3 aromatic rings. The van der Waals surface area contributed by atoms with E-state index in [1.54, 1.807) is 23.0 Å². The lowest BCUT2D eigenvalue weighted by Gasteiger charge is -2.10. The predicted molar refractivity (Wildman–Crippen MR) is 116 cm³/mol. The van der Waals surface area contributed by atoms with Gasteiger partial charge in [-0.1, -0.05) is 0 Å². The molecule has 0 aliphatic heterocycles. The molecular formula is C19H18F4IN5O. The molecule has 0 saturated carbocycles. The van der Waals surface area contributed by atoms with E-state index in [-0.39, 0.29) is 41.5 Å². The van der Waals surface area contributed by atoms with Gasteiger partial charge < -0.3 is 15.8 Å². The van der Waals surface area contributed by atoms with Crippen LogP contribution in [0.5, 0.6) is 5.75 Å². The number of aromatic nitrogens is 2. The molecule has 0 bridgehead atoms. The Balaban J connectivity index is 0.00000320. The van der Waals surface area contributed by atoms with Crippen molar-refractivity contribution in [1.29, 1.82) is 0 Å². The molecule has 0 radical (unpaired) electrons. The number of nitrogens with two attached hydrogens (primary N) is 1. The number of ether oxygens (including phenoxy) is 1. The van der Waals surface area contributed by atoms with E-state index in [9.17, 15) is 17.6 Å². The van der Waals surface area contributed by atoms with E-state index in [2.05, 4.69) is 20.1 Å². The summed E-state index contributed by atoms with van der Waals surface area (Å²) in [7, 11) is 0. The summed E-state index contributed by atoms with van der Waals surface area (Å²) in [4.78, 5) is 4.16. The molecule has 0 aliphatic rings. The Hall–Kier alpha value is -2.83. The highest BCUT2D eigenvalue weighted by Crippen LogP contribution is 2.23. The molecule has 0 aliphatic carbocycles. The summed E-state index contributed by atoms with van der Waals surface area (Å²) in [5, 5.41) is 7.17. The quantitative estimate of drug-likeness (QED) is 0.211. The number of hydrogen-bond acceptors (Lipinski definition) is 3. The van der Waals surface area contributed by atoms with Gasteiger partial charge in [0.05, 0.1) is 11.4 Å². The summed E-state index contributed by atoms with van der Waals surface area (Å²) in [6, 6.07) is 12.9. The van der Waals surface area contributed by atoms with Crippen LogP contribution in [0.25, 0.3) is 5.69 Å². The molecule has 1 aromatic heterocycles. The largest absolute Gasteiger partial charge is 0.573 e. The number of rotatable bonds is 6. The van der Waals surface area contributed by atoms with Gasteiger partial charge in [0.25, 0.3) is 0 Å². The molecule has 11 heteroatoms. The van der Waals surface area contributed by atoms with Gasteiger partial charge in [-0.05, 0) is 54.6 Å². The number of alkyl halides is 3. The van der Waals surface area contributed by atoms with Crippen molar-refractivity contribution in [2.75, 3.05) is 11.9 Å². The van der Waals surface area contributed by atoms with E-state index >= 15 is 0 Å². The number of guanidine groups is 1. The number of aliphatic imine (C=N–C) groups is 1. The van der Waals surface area contributed by atoms with Crippen molar-refractivity contribution in [2.24, 2.45) is 10.7 Å². The molecular weight excluding hydrogens is 517 g/mol. The van der Waals surface area contributed by atoms with E-state index in [4.69, 9.17) is 5.73 Å². The monoisotopic (exact) mass is 535 g/mol. The second-order valence-electron chi connectivity index (χ2n) is 5.94. The van der Waals surface area contributed by atoms with Gasteiger partial charge in [-0.15, -0.1) is 37.1 Å². The minimum absolute atomic E-state index is 0. The highest BCUT2D eigenvalue weighted by molar-refractivity contribution is 14.0. The molecule has 0 unspecified atom stereocenters. The molecule has 0 atom stereocenters. The molecule has 0 saturated heterocycles. The van der Waals surface area contributed by atoms with Gasteiger partial charge in [0.15, 0.2) is 5.96 Å². The first-order chi connectivity index (χ1) is 13.8. The van der Waals surface area contributed by atoms with Crippen LogP contribution in [-0.4, -0.2) is 28.6 Å². The van der Waals surface area contributed by atoms with Crippen LogP contribution in [-0.2, 0) is 6.42 Å². The Labute approximate surface area is 186 Å². The van der Waals surface area contributed by atoms with Gasteiger partial charge in [0.1, 0.15) is 11.6 Å². The maximum absolute atomic E-state index is 13.0. The second-order valence-corrected chi connectivity index (χ2v) is 5.94. The van der Waals surface area contributed by atoms with Crippen molar-refractivity contribution in [1.82, 2.24) is 9.78 Å². The van der Waals surface area contributed by atoms with Gasteiger partial charge in [-0.2, -0.15) is 5.10 Å². The lowest BCUT2D eigenvalue weighted by molar-refractivity contribution is -0.274. The summed E-state index contributed by atoms with van der Waals surface area (Å²) in [6.45, 7) is 0.356. The Kier molecular flexibility index (Phi) is 8.03. The highest BCUT2D eigenvalue weighted by Gasteiger charge is 2.30. The molecule has 6 nitrogen and oxygen atoms in total. The third kappa shape index (κ3) is 7.21. The number of nitrogens with one attached hydrogen (secondary N) is 1. The average Bonchev–Trinajstić information content (AvgIpc) is 3.12. The SMILES string of the molecule is I.NC(=NCCc1ccn(-c2ccc(F)cc2)n1)Nc1ccc(OC(F)(F)F)cc1. The van der Waals surface area contributed by atoms with E-state index in [0.29, 0.717) is 18.7 Å². The van der Waals surface area contributed by atoms with E-state index in [1.807, 2.05) is 6.07 Å². The fourth-order valence-electron chi connectivity index (χ4n) is 2.45. The van der Waals surface area contributed by atoms with E-state index < -0.39 is 6.36 Å². The van der Waals surface area contributed by atoms with E-state index in [0.717, 1.165) is 11.4 Å². The standard InChI is InChI=1S/C19H17F4N5O.HI/c20-13-1-5-16(6-2-13)28-12-10-15(27-28)9-11-25-18(24)26-14-3-7-17(8-4-14)29-19(21,22)23;/h1-8,10,12H,9,11H2,(H3,24,25,26);1H. The lowest BCUT2D eigenvalue weighted by Crippen LogP contribution is -2.23. The predicted octanol–water partition coefficient (Wildman–Crippen LogP) is 4.50. The van der Waals surface area contributed by atoms with Gasteiger partial charge in [-0.3, -0.25) is 4.99 Å². The van der Waals surface area contributed by atoms with Crippen LogP contribution < -0.4 is 15.8 Å². The van der Waals surface area contributed by atoms with Crippen LogP contribution in [0.3, 0.4) is 0 Å². The van der Waals surface area contributed by atoms with Crippen LogP contribution in [0.4, 0.5) is 23.2 Å². The maximum atomic E-state index is 13.0. The first-order valence-corrected chi connectivity index (χ1v) is 8.52. The van der Waals surface area contributed by atoms with Gasteiger partial charge in [0, 0.05) is 24.8 Å². The van der Waals surface area contributed by atoms with Crippen molar-refractivity contribution < 1.29 is 22.3 Å². The smallest absolute Gasteiger partial charge is 0.406 e. The topological polar surface area (TPSA) is 77.5 Å². The molecule has 30 heavy (non-hydrogen) atoms. The molecule has 0 spiro atoms. The van der Waals surface area contributed by atoms with Crippen molar-refractivity contribution in [2.45, 2.75) is 12.8 Å². The third-order valence-electron chi connectivity index (χ3n) is 3.75. The van der Waals surface area contributed by atoms with Crippen LogP contribution >= 0.6 is 24.0 Å². The lowest BCUT2D eigenvalue weighted by atomic mass is 10.3. The van der Waals surface area contributed by atoms with Crippen LogP contribution in [0, 0.1) is 5.82 Å². The first-order valence-electron chi connectivity index (χ1n) is 8.52. The number of benzene rings is 2. The zero-order valence-corrected chi connectivity index (χ0v) is 17.8. The molecule has 2 aromatic carbocycles. The van der Waals surface area contributed by atoms with Crippen molar-refractivity contribution >= 4 is 35.6 Å². The number of nitrogens with zero attached hydrogens (tertiary/aromatic N) is 3. The molecule has 3 N–H and O–H groups in total. The fourth-order valence-corrected chi connectivity index (χ4v) is 2.45. The normalized spacial score (nSPS) is 11.7. The summed E-state index contributed by atoms with van der Waals surface area (Å²) in [6.07, 6.45) is -2.45. The van der Waals surface area contributed by atoms with E-state index in [1.165, 1.54) is 36.4 Å². The fraction of sp³-hybridized carbons (Fsp3) is 0.158. The maximum Gasteiger partial charge on any atom is 0.573 e. The first kappa shape index (κ1) is 23.4. The zero-order valence-electron chi connectivity index (χ0n) is 15.4. The molecule has 0 fully saturated rings. The van der Waals surface area contributed by atoms with Crippen LogP contribution in [0.1, 0.15) is 5.69 Å². The Bertz CT molecular complexity index is 972. The molecule has 160 valence electrons. The minimum Gasteiger partial charge on any atom is -0.406 e. The minimum atomic E-state index is -4.74. The van der Waals surface area contributed by atoms with Crippen LogP contribution in [0.2, 0.25) is 0 Å². The van der Waals surface area contributed by atoms with Crippen LogP contribution in [0.15, 0.2) is 65.8 Å². The zero-order chi connectivity index (χ0) is 20.9. The van der Waals surface area contributed by atoms with Crippen molar-refractivity contribution in [3.63, 3.8) is 0 Å². The van der Waals surface area contributed by atoms with Gasteiger partial charge in [0.2, 0.25) is 0 Å². The average molecular weight is 535 g/mol. The van der Waals surface area contributed by atoms with Gasteiger partial charge >= 0.3 is 6.36 Å². The Morgan fingerprint density at radius 2 is 1.73 bits per heavy atom. The van der Waals surface area contributed by atoms with Crippen molar-refractivity contribution in [3.8, 4) is 11.4 Å². The summed E-state index contributed by atoms with van der Waals surface area (Å²) in [5.41, 5.74) is 7.77. The Morgan fingerprint density at radius 1 is 1.07 bits per heavy atom. The number of anilines is 1. The van der Waals surface area contributed by atoms with Crippen molar-refractivity contribution in [3.05, 3.63) is 72.3 Å². The second kappa shape index (κ2) is 10.3. The highest BCUT2D eigenvalue weighted by atomic mass is 127. The molecule has 0 amide bonds. The Morgan fingerprint density at radius 3 is 2.37 bits per heavy atom. The number of halogens is 5. The third-order valence-corrected chi connectivity index (χ3v) is 3.75.